The van der Waals surface area contributed by atoms with Crippen molar-refractivity contribution >= 4 is 15.9 Å². The number of halogens is 1. The molecule has 0 heterocycles. The zero-order chi connectivity index (χ0) is 14.0. The van der Waals surface area contributed by atoms with E-state index in [0.717, 1.165) is 30.1 Å². The van der Waals surface area contributed by atoms with Gasteiger partial charge in [-0.25, -0.2) is 0 Å². The fourth-order valence-electron chi connectivity index (χ4n) is 5.86. The summed E-state index contributed by atoms with van der Waals surface area (Å²) in [4.78, 5) is 0.645. The molecule has 19 heavy (non-hydrogen) atoms. The van der Waals surface area contributed by atoms with Gasteiger partial charge in [0.05, 0.1) is 6.07 Å². The van der Waals surface area contributed by atoms with E-state index in [0.29, 0.717) is 21.6 Å². The van der Waals surface area contributed by atoms with Gasteiger partial charge in [0.1, 0.15) is 0 Å². The Bertz CT molecular complexity index is 423. The second kappa shape index (κ2) is 4.23. The lowest BCUT2D eigenvalue weighted by Gasteiger charge is -2.58. The summed E-state index contributed by atoms with van der Waals surface area (Å²) in [5.74, 6) is 4.06. The number of hydrogen-bond acceptors (Lipinski definition) is 1. The summed E-state index contributed by atoms with van der Waals surface area (Å²) in [6.07, 6.45) is 4.76. The van der Waals surface area contributed by atoms with Crippen molar-refractivity contribution in [2.45, 2.75) is 58.2 Å². The van der Waals surface area contributed by atoms with Gasteiger partial charge in [0.15, 0.2) is 0 Å². The maximum absolute atomic E-state index is 9.27. The molecule has 0 aromatic carbocycles. The van der Waals surface area contributed by atoms with E-state index in [1.54, 1.807) is 0 Å². The number of nitrogens with zero attached hydrogens (tertiary/aromatic N) is 1. The highest BCUT2D eigenvalue weighted by Crippen LogP contribution is 2.72. The van der Waals surface area contributed by atoms with Crippen molar-refractivity contribution in [1.29, 1.82) is 5.26 Å². The smallest absolute Gasteiger partial charge is 0.0624 e. The van der Waals surface area contributed by atoms with Gasteiger partial charge in [0.2, 0.25) is 0 Å². The molecule has 0 aromatic rings. The first-order valence-corrected chi connectivity index (χ1v) is 8.76. The molecule has 0 radical (unpaired) electrons. The summed E-state index contributed by atoms with van der Waals surface area (Å²) in [5, 5.41) is 9.27. The van der Waals surface area contributed by atoms with Crippen LogP contribution in [0.25, 0.3) is 0 Å². The van der Waals surface area contributed by atoms with Crippen LogP contribution in [0.3, 0.4) is 0 Å². The monoisotopic (exact) mass is 323 g/mol. The summed E-state index contributed by atoms with van der Waals surface area (Å²) in [6, 6.07) is 2.50. The van der Waals surface area contributed by atoms with Crippen LogP contribution in [0.1, 0.15) is 53.4 Å². The molecule has 2 heteroatoms. The van der Waals surface area contributed by atoms with Gasteiger partial charge in [-0.1, -0.05) is 43.6 Å². The maximum atomic E-state index is 9.27. The Labute approximate surface area is 126 Å². The lowest BCUT2D eigenvalue weighted by atomic mass is 9.48. The highest BCUT2D eigenvalue weighted by molar-refractivity contribution is 9.09. The van der Waals surface area contributed by atoms with Gasteiger partial charge >= 0.3 is 0 Å². The van der Waals surface area contributed by atoms with Gasteiger partial charge in [0.25, 0.3) is 0 Å². The van der Waals surface area contributed by atoms with Gasteiger partial charge in [-0.05, 0) is 59.7 Å². The zero-order valence-electron chi connectivity index (χ0n) is 12.6. The predicted octanol–water partition coefficient (Wildman–Crippen LogP) is 5.01. The van der Waals surface area contributed by atoms with Crippen LogP contribution in [0.2, 0.25) is 0 Å². The molecule has 3 aliphatic carbocycles. The standard InChI is InChI=1S/C17H26BrN/c1-10-11-9-13-16(2,3)14(18)5-7-17(13,4)12(6-8-19)15(10)11/h10-15H,5-7,9H2,1-4H3/t10?,11-,12?,13?,14+,15?,17-/m1/s1. The highest BCUT2D eigenvalue weighted by atomic mass is 79.9. The minimum Gasteiger partial charge on any atom is -0.198 e. The maximum Gasteiger partial charge on any atom is 0.0624 e. The first kappa shape index (κ1) is 13.9. The molecule has 0 saturated heterocycles. The van der Waals surface area contributed by atoms with E-state index in [-0.39, 0.29) is 0 Å². The Morgan fingerprint density at radius 3 is 2.63 bits per heavy atom. The molecule has 0 aromatic heterocycles. The summed E-state index contributed by atoms with van der Waals surface area (Å²) in [5.41, 5.74) is 0.767. The summed E-state index contributed by atoms with van der Waals surface area (Å²) in [7, 11) is 0. The first-order valence-electron chi connectivity index (χ1n) is 7.85. The molecule has 0 N–H and O–H groups in total. The molecule has 3 aliphatic rings. The van der Waals surface area contributed by atoms with Crippen LogP contribution in [-0.4, -0.2) is 4.83 Å². The van der Waals surface area contributed by atoms with Crippen LogP contribution < -0.4 is 0 Å². The zero-order valence-corrected chi connectivity index (χ0v) is 14.2. The van der Waals surface area contributed by atoms with Crippen molar-refractivity contribution in [2.24, 2.45) is 40.4 Å². The predicted molar refractivity (Wildman–Crippen MR) is 81.8 cm³/mol. The average molecular weight is 324 g/mol. The molecule has 4 unspecified atom stereocenters. The molecule has 3 fully saturated rings. The van der Waals surface area contributed by atoms with Gasteiger partial charge < -0.3 is 0 Å². The van der Waals surface area contributed by atoms with Gasteiger partial charge in [-0.2, -0.15) is 5.26 Å². The Morgan fingerprint density at radius 2 is 2.00 bits per heavy atom. The van der Waals surface area contributed by atoms with Crippen LogP contribution >= 0.6 is 15.9 Å². The molecule has 0 aliphatic heterocycles. The number of fused-ring (bicyclic) bond motifs is 2. The van der Waals surface area contributed by atoms with Gasteiger partial charge in [0, 0.05) is 11.2 Å². The van der Waals surface area contributed by atoms with Crippen molar-refractivity contribution in [2.75, 3.05) is 0 Å². The quantitative estimate of drug-likeness (QED) is 0.622. The van der Waals surface area contributed by atoms with Crippen molar-refractivity contribution in [1.82, 2.24) is 0 Å². The second-order valence-electron chi connectivity index (χ2n) is 8.19. The van der Waals surface area contributed by atoms with Crippen molar-refractivity contribution in [3.8, 4) is 6.07 Å². The second-order valence-corrected chi connectivity index (χ2v) is 9.30. The number of alkyl halides is 1. The largest absolute Gasteiger partial charge is 0.198 e. The molecule has 0 spiro atoms. The Balaban J connectivity index is 1.98. The molecule has 106 valence electrons. The molecular formula is C17H26BrN. The van der Waals surface area contributed by atoms with Crippen LogP contribution in [0.5, 0.6) is 0 Å². The van der Waals surface area contributed by atoms with E-state index in [4.69, 9.17) is 0 Å². The van der Waals surface area contributed by atoms with Crippen LogP contribution in [0.15, 0.2) is 0 Å². The third kappa shape index (κ3) is 1.76. The first-order chi connectivity index (χ1) is 8.84. The third-order valence-electron chi connectivity index (χ3n) is 7.20. The summed E-state index contributed by atoms with van der Waals surface area (Å²) < 4.78 is 0. The molecule has 7 atom stereocenters. The fourth-order valence-corrected chi connectivity index (χ4v) is 6.41. The number of rotatable bonds is 1. The molecule has 3 rings (SSSR count). The van der Waals surface area contributed by atoms with E-state index >= 15 is 0 Å². The van der Waals surface area contributed by atoms with E-state index in [2.05, 4.69) is 49.7 Å². The van der Waals surface area contributed by atoms with Crippen LogP contribution in [0.4, 0.5) is 0 Å². The lowest BCUT2D eigenvalue weighted by Crippen LogP contribution is -2.53. The highest BCUT2D eigenvalue weighted by Gasteiger charge is 2.66. The van der Waals surface area contributed by atoms with Crippen LogP contribution in [-0.2, 0) is 0 Å². The molecule has 1 nitrogen and oxygen atoms in total. The molecular weight excluding hydrogens is 298 g/mol. The van der Waals surface area contributed by atoms with E-state index < -0.39 is 0 Å². The topological polar surface area (TPSA) is 23.8 Å². The molecule has 3 saturated carbocycles. The minimum absolute atomic E-state index is 0.369. The summed E-state index contributed by atoms with van der Waals surface area (Å²) >= 11 is 3.94. The fraction of sp³-hybridized carbons (Fsp3) is 0.941. The van der Waals surface area contributed by atoms with E-state index in [1.165, 1.54) is 19.3 Å². The SMILES string of the molecule is CC1C2C(CC#N)[C@@]3(C)CC[C@H](Br)C(C)(C)C3C[C@H]12. The minimum atomic E-state index is 0.369. The number of hydrogen-bond donors (Lipinski definition) is 0. The number of nitriles is 1. The summed E-state index contributed by atoms with van der Waals surface area (Å²) in [6.45, 7) is 9.82. The Morgan fingerprint density at radius 1 is 1.32 bits per heavy atom. The van der Waals surface area contributed by atoms with E-state index in [1.807, 2.05) is 0 Å². The van der Waals surface area contributed by atoms with Crippen molar-refractivity contribution in [3.05, 3.63) is 0 Å². The van der Waals surface area contributed by atoms with Crippen LogP contribution in [0, 0.1) is 51.8 Å². The van der Waals surface area contributed by atoms with E-state index in [9.17, 15) is 5.26 Å². The Kier molecular flexibility index (Phi) is 3.10. The molecule has 0 bridgehead atoms. The third-order valence-corrected chi connectivity index (χ3v) is 8.84. The van der Waals surface area contributed by atoms with Crippen molar-refractivity contribution < 1.29 is 0 Å². The van der Waals surface area contributed by atoms with Crippen molar-refractivity contribution in [3.63, 3.8) is 0 Å². The average Bonchev–Trinajstić information content (AvgIpc) is 2.98. The van der Waals surface area contributed by atoms with Gasteiger partial charge in [-0.15, -0.1) is 0 Å². The lowest BCUT2D eigenvalue weighted by molar-refractivity contribution is -0.0709. The molecule has 0 amide bonds. The Hall–Kier alpha value is -0.0300. The van der Waals surface area contributed by atoms with Gasteiger partial charge in [-0.3, -0.25) is 0 Å². The normalized spacial score (nSPS) is 54.7.